The summed E-state index contributed by atoms with van der Waals surface area (Å²) in [7, 11) is 0. The number of benzene rings is 1. The lowest BCUT2D eigenvalue weighted by atomic mass is 9.64. The van der Waals surface area contributed by atoms with Crippen molar-refractivity contribution in [2.75, 3.05) is 19.6 Å². The summed E-state index contributed by atoms with van der Waals surface area (Å²) < 4.78 is 0. The van der Waals surface area contributed by atoms with Gasteiger partial charge < -0.3 is 10.2 Å². The molecule has 0 aromatic heterocycles. The topological polar surface area (TPSA) is 86.8 Å². The molecule has 2 saturated heterocycles. The molecule has 0 radical (unpaired) electrons. The van der Waals surface area contributed by atoms with Crippen molar-refractivity contribution in [1.29, 1.82) is 0 Å². The number of rotatable bonds is 4. The molecule has 7 heteroatoms. The molecule has 1 aromatic rings. The van der Waals surface area contributed by atoms with Crippen LogP contribution in [0, 0.1) is 17.3 Å². The molecule has 2 unspecified atom stereocenters. The predicted octanol–water partition coefficient (Wildman–Crippen LogP) is 3.24. The minimum absolute atomic E-state index is 0.0478. The number of carbonyl (C=O) groups excluding carboxylic acids is 4. The molecule has 4 amide bonds. The third kappa shape index (κ3) is 4.30. The van der Waals surface area contributed by atoms with Crippen molar-refractivity contribution in [3.05, 3.63) is 35.9 Å². The van der Waals surface area contributed by atoms with Gasteiger partial charge in [-0.3, -0.25) is 19.3 Å². The van der Waals surface area contributed by atoms with Crippen molar-refractivity contribution in [2.24, 2.45) is 17.3 Å². The number of urea groups is 1. The molecule has 0 bridgehead atoms. The van der Waals surface area contributed by atoms with E-state index in [4.69, 9.17) is 0 Å². The van der Waals surface area contributed by atoms with Gasteiger partial charge in [0.1, 0.15) is 12.1 Å². The Bertz CT molecular complexity index is 920. The molecule has 3 fully saturated rings. The van der Waals surface area contributed by atoms with Crippen molar-refractivity contribution in [1.82, 2.24) is 15.1 Å². The zero-order valence-corrected chi connectivity index (χ0v) is 19.2. The van der Waals surface area contributed by atoms with Gasteiger partial charge in [-0.1, -0.05) is 51.1 Å². The molecular weight excluding hydrogens is 406 g/mol. The Balaban J connectivity index is 1.36. The molecule has 3 aliphatic rings. The number of imide groups is 1. The quantitative estimate of drug-likeness (QED) is 0.576. The van der Waals surface area contributed by atoms with Crippen LogP contribution < -0.4 is 5.32 Å². The predicted molar refractivity (Wildman–Crippen MR) is 120 cm³/mol. The maximum atomic E-state index is 13.3. The highest BCUT2D eigenvalue weighted by Gasteiger charge is 2.56. The number of carbonyl (C=O) groups is 4. The second-order valence-corrected chi connectivity index (χ2v) is 10.6. The molecule has 2 heterocycles. The monoisotopic (exact) mass is 439 g/mol. The molecule has 2 atom stereocenters. The summed E-state index contributed by atoms with van der Waals surface area (Å²) in [6.45, 7) is 7.04. The number of ketones is 1. The summed E-state index contributed by atoms with van der Waals surface area (Å²) in [5.41, 5.74) is -0.243. The standard InChI is InChI=1S/C25H33N3O4/c1-17-13-24(2,3)16-25(14-17)22(31)28(23(32)26-25)15-20(29)27-11-9-19(10-12-27)21(30)18-7-5-4-6-8-18/h4-8,17,19H,9-16H2,1-3H3,(H,26,32). The van der Waals surface area contributed by atoms with E-state index in [1.165, 1.54) is 0 Å². The van der Waals surface area contributed by atoms with Crippen molar-refractivity contribution in [3.8, 4) is 0 Å². The van der Waals surface area contributed by atoms with Crippen molar-refractivity contribution in [3.63, 3.8) is 0 Å². The Morgan fingerprint density at radius 3 is 2.34 bits per heavy atom. The molecule has 1 N–H and O–H groups in total. The van der Waals surface area contributed by atoms with E-state index in [-0.39, 0.29) is 35.5 Å². The van der Waals surface area contributed by atoms with Crippen LogP contribution in [0.1, 0.15) is 63.2 Å². The molecule has 2 aliphatic heterocycles. The summed E-state index contributed by atoms with van der Waals surface area (Å²) in [6, 6.07) is 8.76. The molecule has 1 aliphatic carbocycles. The number of Topliss-reactive ketones (excluding diaryl/α,β-unsaturated/α-hetero) is 1. The number of piperidine rings is 1. The summed E-state index contributed by atoms with van der Waals surface area (Å²) >= 11 is 0. The number of nitrogens with one attached hydrogen (secondary N) is 1. The number of likely N-dealkylation sites (tertiary alicyclic amines) is 1. The Morgan fingerprint density at radius 2 is 1.72 bits per heavy atom. The van der Waals surface area contributed by atoms with E-state index < -0.39 is 11.6 Å². The lowest BCUT2D eigenvalue weighted by molar-refractivity contribution is -0.141. The van der Waals surface area contributed by atoms with Gasteiger partial charge in [-0.05, 0) is 43.4 Å². The second-order valence-electron chi connectivity index (χ2n) is 10.6. The molecule has 32 heavy (non-hydrogen) atoms. The normalized spacial score (nSPS) is 28.2. The lowest BCUT2D eigenvalue weighted by Crippen LogP contribution is -2.54. The Labute approximate surface area is 189 Å². The fraction of sp³-hybridized carbons (Fsp3) is 0.600. The van der Waals surface area contributed by atoms with Crippen LogP contribution in [-0.4, -0.2) is 58.6 Å². The first kappa shape index (κ1) is 22.5. The third-order valence-electron chi connectivity index (χ3n) is 7.19. The second kappa shape index (κ2) is 8.34. The van der Waals surface area contributed by atoms with E-state index in [0.29, 0.717) is 50.3 Å². The average molecular weight is 440 g/mol. The van der Waals surface area contributed by atoms with Gasteiger partial charge in [-0.25, -0.2) is 4.79 Å². The molecule has 1 aromatic carbocycles. The van der Waals surface area contributed by atoms with Gasteiger partial charge in [-0.15, -0.1) is 0 Å². The van der Waals surface area contributed by atoms with Gasteiger partial charge in [0.15, 0.2) is 5.78 Å². The summed E-state index contributed by atoms with van der Waals surface area (Å²) in [6.07, 6.45) is 3.39. The van der Waals surface area contributed by atoms with E-state index in [9.17, 15) is 19.2 Å². The molecular formula is C25H33N3O4. The minimum atomic E-state index is -0.895. The van der Waals surface area contributed by atoms with Crippen molar-refractivity contribution in [2.45, 2.75) is 58.4 Å². The van der Waals surface area contributed by atoms with Crippen LogP contribution in [0.4, 0.5) is 4.79 Å². The maximum Gasteiger partial charge on any atom is 0.325 e. The van der Waals surface area contributed by atoms with Gasteiger partial charge in [0, 0.05) is 24.6 Å². The molecule has 1 spiro atoms. The summed E-state index contributed by atoms with van der Waals surface area (Å²) in [4.78, 5) is 54.3. The number of amides is 4. The lowest BCUT2D eigenvalue weighted by Gasteiger charge is -2.43. The highest BCUT2D eigenvalue weighted by atomic mass is 16.2. The zero-order chi connectivity index (χ0) is 23.1. The summed E-state index contributed by atoms with van der Waals surface area (Å²) in [5, 5.41) is 2.93. The van der Waals surface area contributed by atoms with Crippen LogP contribution in [0.5, 0.6) is 0 Å². The number of hydrogen-bond acceptors (Lipinski definition) is 4. The fourth-order valence-corrected chi connectivity index (χ4v) is 6.11. The van der Waals surface area contributed by atoms with E-state index >= 15 is 0 Å². The molecule has 7 nitrogen and oxygen atoms in total. The fourth-order valence-electron chi connectivity index (χ4n) is 6.11. The minimum Gasteiger partial charge on any atom is -0.341 e. The first-order chi connectivity index (χ1) is 15.1. The van der Waals surface area contributed by atoms with Gasteiger partial charge in [0.2, 0.25) is 5.91 Å². The third-order valence-corrected chi connectivity index (χ3v) is 7.19. The Morgan fingerprint density at radius 1 is 1.06 bits per heavy atom. The Kier molecular flexibility index (Phi) is 5.86. The van der Waals surface area contributed by atoms with Crippen LogP contribution in [0.3, 0.4) is 0 Å². The van der Waals surface area contributed by atoms with Crippen LogP contribution >= 0.6 is 0 Å². The maximum absolute atomic E-state index is 13.3. The van der Waals surface area contributed by atoms with E-state index in [1.54, 1.807) is 4.90 Å². The van der Waals surface area contributed by atoms with Crippen molar-refractivity contribution < 1.29 is 19.2 Å². The average Bonchev–Trinajstić information content (AvgIpc) is 2.95. The van der Waals surface area contributed by atoms with Gasteiger partial charge >= 0.3 is 6.03 Å². The van der Waals surface area contributed by atoms with E-state index in [1.807, 2.05) is 30.3 Å². The smallest absolute Gasteiger partial charge is 0.325 e. The van der Waals surface area contributed by atoms with Crippen LogP contribution in [-0.2, 0) is 9.59 Å². The van der Waals surface area contributed by atoms with E-state index in [0.717, 1.165) is 11.3 Å². The largest absolute Gasteiger partial charge is 0.341 e. The first-order valence-corrected chi connectivity index (χ1v) is 11.6. The van der Waals surface area contributed by atoms with Gasteiger partial charge in [0.25, 0.3) is 5.91 Å². The van der Waals surface area contributed by atoms with Crippen LogP contribution in [0.25, 0.3) is 0 Å². The molecule has 172 valence electrons. The summed E-state index contributed by atoms with van der Waals surface area (Å²) in [5.74, 6) is -0.182. The molecule has 1 saturated carbocycles. The zero-order valence-electron chi connectivity index (χ0n) is 19.2. The number of nitrogens with zero attached hydrogens (tertiary/aromatic N) is 2. The highest BCUT2D eigenvalue weighted by molar-refractivity contribution is 6.09. The highest BCUT2D eigenvalue weighted by Crippen LogP contribution is 2.46. The van der Waals surface area contributed by atoms with E-state index in [2.05, 4.69) is 26.1 Å². The van der Waals surface area contributed by atoms with Crippen LogP contribution in [0.15, 0.2) is 30.3 Å². The SMILES string of the molecule is CC1CC(C)(C)CC2(C1)NC(=O)N(CC(=O)N1CCC(C(=O)c3ccccc3)CC1)C2=O. The Hall–Kier alpha value is -2.70. The molecule has 4 rings (SSSR count). The van der Waals surface area contributed by atoms with Gasteiger partial charge in [-0.2, -0.15) is 0 Å². The van der Waals surface area contributed by atoms with Crippen molar-refractivity contribution >= 4 is 23.6 Å². The first-order valence-electron chi connectivity index (χ1n) is 11.6. The van der Waals surface area contributed by atoms with Gasteiger partial charge in [0.05, 0.1) is 0 Å². The van der Waals surface area contributed by atoms with Crippen LogP contribution in [0.2, 0.25) is 0 Å². The number of hydrogen-bond donors (Lipinski definition) is 1.